The summed E-state index contributed by atoms with van der Waals surface area (Å²) in [6.45, 7) is -3.18. The number of ether oxygens (including phenoxy) is 2. The van der Waals surface area contributed by atoms with Crippen LogP contribution in [0.2, 0.25) is 0 Å². The molecule has 150 valence electrons. The van der Waals surface area contributed by atoms with Crippen LogP contribution in [0.15, 0.2) is 48.5 Å². The van der Waals surface area contributed by atoms with Gasteiger partial charge in [-0.05, 0) is 48.4 Å². The number of carbonyl (C=O) groups excluding carboxylic acids is 1. The van der Waals surface area contributed by atoms with Crippen LogP contribution in [0.3, 0.4) is 0 Å². The Morgan fingerprint density at radius 1 is 0.964 bits per heavy atom. The Hall–Kier alpha value is -3.23. The third-order valence-electron chi connectivity index (χ3n) is 3.64. The van der Waals surface area contributed by atoms with Crippen molar-refractivity contribution in [3.63, 3.8) is 0 Å². The molecule has 0 aliphatic carbocycles. The first-order chi connectivity index (χ1) is 13.3. The van der Waals surface area contributed by atoms with Gasteiger partial charge in [0.2, 0.25) is 12.0 Å². The maximum Gasteiger partial charge on any atom is 0.387 e. The van der Waals surface area contributed by atoms with Gasteiger partial charge >= 0.3 is 12.6 Å². The molecule has 2 aromatic carbocycles. The number of amides is 1. The summed E-state index contributed by atoms with van der Waals surface area (Å²) >= 11 is 0. The van der Waals surface area contributed by atoms with Crippen molar-refractivity contribution in [3.8, 4) is 11.5 Å². The number of rotatable bonds is 10. The number of benzene rings is 2. The summed E-state index contributed by atoms with van der Waals surface area (Å²) in [5, 5.41) is 11.6. The van der Waals surface area contributed by atoms with Crippen LogP contribution >= 0.6 is 0 Å². The smallest absolute Gasteiger partial charge is 0.387 e. The first-order valence-corrected chi connectivity index (χ1v) is 8.29. The fraction of sp³-hybridized carbons (Fsp3) is 0.263. The van der Waals surface area contributed by atoms with E-state index in [1.54, 1.807) is 12.1 Å². The van der Waals surface area contributed by atoms with Crippen molar-refractivity contribution in [2.24, 2.45) is 0 Å². The number of carboxylic acid groups (broad SMARTS) is 1. The van der Waals surface area contributed by atoms with E-state index in [9.17, 15) is 27.9 Å². The molecule has 0 saturated heterocycles. The summed E-state index contributed by atoms with van der Waals surface area (Å²) in [6, 6.07) is 10.7. The van der Waals surface area contributed by atoms with Crippen molar-refractivity contribution >= 4 is 11.9 Å². The average Bonchev–Trinajstić information content (AvgIpc) is 2.65. The zero-order valence-electron chi connectivity index (χ0n) is 14.6. The van der Waals surface area contributed by atoms with Gasteiger partial charge < -0.3 is 19.9 Å². The molecule has 2 N–H and O–H groups in total. The highest BCUT2D eigenvalue weighted by Crippen LogP contribution is 2.16. The largest absolute Gasteiger partial charge is 0.478 e. The summed E-state index contributed by atoms with van der Waals surface area (Å²) < 4.78 is 46.5. The van der Waals surface area contributed by atoms with Crippen LogP contribution < -0.4 is 14.8 Å². The Bertz CT molecular complexity index is 781. The number of alkyl halides is 2. The monoisotopic (exact) mass is 397 g/mol. The topological polar surface area (TPSA) is 84.9 Å². The molecule has 0 spiro atoms. The normalized spacial score (nSPS) is 11.7. The zero-order chi connectivity index (χ0) is 20.5. The molecule has 1 atom stereocenters. The number of nitrogens with one attached hydrogen (secondary N) is 1. The van der Waals surface area contributed by atoms with E-state index >= 15 is 0 Å². The van der Waals surface area contributed by atoms with Gasteiger partial charge in [-0.3, -0.25) is 4.79 Å². The number of carbonyl (C=O) groups is 2. The molecule has 0 aromatic heterocycles. The lowest BCUT2D eigenvalue weighted by molar-refractivity contribution is -0.145. The highest BCUT2D eigenvalue weighted by atomic mass is 19.3. The second-order valence-electron chi connectivity index (χ2n) is 5.73. The molecular weight excluding hydrogens is 379 g/mol. The minimum Gasteiger partial charge on any atom is -0.478 e. The summed E-state index contributed by atoms with van der Waals surface area (Å²) in [4.78, 5) is 23.2. The van der Waals surface area contributed by atoms with E-state index in [0.717, 1.165) is 17.7 Å². The summed E-state index contributed by atoms with van der Waals surface area (Å²) in [5.74, 6) is -1.98. The van der Waals surface area contributed by atoms with Crippen molar-refractivity contribution in [1.29, 1.82) is 0 Å². The maximum atomic E-state index is 12.9. The molecule has 0 radical (unpaired) electrons. The predicted molar refractivity (Wildman–Crippen MR) is 92.9 cm³/mol. The lowest BCUT2D eigenvalue weighted by Gasteiger charge is -2.16. The molecular formula is C19H18F3NO5. The molecule has 28 heavy (non-hydrogen) atoms. The molecule has 6 nitrogen and oxygen atoms in total. The van der Waals surface area contributed by atoms with Gasteiger partial charge in [-0.1, -0.05) is 12.1 Å². The Labute approximate surface area is 158 Å². The quantitative estimate of drug-likeness (QED) is 0.644. The molecule has 1 amide bonds. The van der Waals surface area contributed by atoms with E-state index in [2.05, 4.69) is 10.1 Å². The van der Waals surface area contributed by atoms with E-state index in [1.165, 1.54) is 24.3 Å². The first-order valence-electron chi connectivity index (χ1n) is 8.29. The van der Waals surface area contributed by atoms with Crippen LogP contribution in [0.1, 0.15) is 12.0 Å². The van der Waals surface area contributed by atoms with Gasteiger partial charge in [0.15, 0.2) is 0 Å². The molecule has 1 unspecified atom stereocenters. The highest BCUT2D eigenvalue weighted by Gasteiger charge is 2.20. The lowest BCUT2D eigenvalue weighted by Crippen LogP contribution is -2.40. The Morgan fingerprint density at radius 3 is 2.11 bits per heavy atom. The Morgan fingerprint density at radius 2 is 1.54 bits per heavy atom. The Balaban J connectivity index is 1.79. The number of halogens is 3. The number of aryl methyl sites for hydroxylation is 1. The van der Waals surface area contributed by atoms with E-state index < -0.39 is 30.4 Å². The highest BCUT2D eigenvalue weighted by molar-refractivity contribution is 5.78. The fourth-order valence-corrected chi connectivity index (χ4v) is 2.25. The van der Waals surface area contributed by atoms with Crippen LogP contribution in [0, 0.1) is 5.82 Å². The van der Waals surface area contributed by atoms with Crippen LogP contribution in [0.4, 0.5) is 13.2 Å². The second-order valence-corrected chi connectivity index (χ2v) is 5.73. The standard InChI is InChI=1S/C19H18F3NO5/c20-13-4-8-14(9-5-13)27-16(18(25)26)11-23-17(24)10-3-12-1-6-15(7-2-12)28-19(21)22/h1-2,4-9,16,19H,3,10-11H2,(H,23,24)(H,25,26). The van der Waals surface area contributed by atoms with Gasteiger partial charge in [0.05, 0.1) is 6.54 Å². The van der Waals surface area contributed by atoms with E-state index in [0.29, 0.717) is 6.42 Å². The van der Waals surface area contributed by atoms with E-state index in [1.807, 2.05) is 0 Å². The van der Waals surface area contributed by atoms with Gasteiger partial charge in [0, 0.05) is 6.42 Å². The summed E-state index contributed by atoms with van der Waals surface area (Å²) in [5.41, 5.74) is 0.731. The van der Waals surface area contributed by atoms with Crippen molar-refractivity contribution in [2.75, 3.05) is 6.54 Å². The fourth-order valence-electron chi connectivity index (χ4n) is 2.25. The molecule has 0 saturated carbocycles. The molecule has 0 fully saturated rings. The van der Waals surface area contributed by atoms with Crippen molar-refractivity contribution in [2.45, 2.75) is 25.6 Å². The van der Waals surface area contributed by atoms with Crippen molar-refractivity contribution in [3.05, 3.63) is 59.9 Å². The average molecular weight is 397 g/mol. The first kappa shape index (κ1) is 21.1. The molecule has 9 heteroatoms. The lowest BCUT2D eigenvalue weighted by atomic mass is 10.1. The van der Waals surface area contributed by atoms with E-state index in [-0.39, 0.29) is 24.5 Å². The third-order valence-corrected chi connectivity index (χ3v) is 3.64. The molecule has 2 aromatic rings. The van der Waals surface area contributed by atoms with Crippen LogP contribution in [-0.2, 0) is 16.0 Å². The number of carboxylic acids is 1. The molecule has 0 aliphatic rings. The molecule has 0 heterocycles. The second kappa shape index (κ2) is 10.2. The van der Waals surface area contributed by atoms with Gasteiger partial charge in [-0.15, -0.1) is 0 Å². The van der Waals surface area contributed by atoms with Gasteiger partial charge in [-0.2, -0.15) is 8.78 Å². The number of hydrogen-bond donors (Lipinski definition) is 2. The molecule has 2 rings (SSSR count). The predicted octanol–water partition coefficient (Wildman–Crippen LogP) is 3.01. The Kier molecular flexibility index (Phi) is 7.67. The van der Waals surface area contributed by atoms with Crippen molar-refractivity contribution < 1.29 is 37.3 Å². The van der Waals surface area contributed by atoms with Crippen LogP contribution in [-0.4, -0.2) is 36.2 Å². The van der Waals surface area contributed by atoms with Gasteiger partial charge in [0.1, 0.15) is 17.3 Å². The molecule has 0 aliphatic heterocycles. The minimum atomic E-state index is -2.91. The van der Waals surface area contributed by atoms with Crippen LogP contribution in [0.5, 0.6) is 11.5 Å². The van der Waals surface area contributed by atoms with Gasteiger partial charge in [0.25, 0.3) is 0 Å². The molecule has 0 bridgehead atoms. The minimum absolute atomic E-state index is 0.0189. The van der Waals surface area contributed by atoms with Gasteiger partial charge in [-0.25, -0.2) is 9.18 Å². The summed E-state index contributed by atoms with van der Waals surface area (Å²) in [6.07, 6.45) is -0.935. The zero-order valence-corrected chi connectivity index (χ0v) is 14.6. The SMILES string of the molecule is O=C(CCc1ccc(OC(F)F)cc1)NCC(Oc1ccc(F)cc1)C(=O)O. The number of aliphatic carboxylic acids is 1. The van der Waals surface area contributed by atoms with E-state index in [4.69, 9.17) is 4.74 Å². The number of hydrogen-bond acceptors (Lipinski definition) is 4. The van der Waals surface area contributed by atoms with Crippen molar-refractivity contribution in [1.82, 2.24) is 5.32 Å². The summed E-state index contributed by atoms with van der Waals surface area (Å²) in [7, 11) is 0. The maximum absolute atomic E-state index is 12.9. The van der Waals surface area contributed by atoms with Crippen LogP contribution in [0.25, 0.3) is 0 Å². The third kappa shape index (κ3) is 7.18.